The van der Waals surface area contributed by atoms with Gasteiger partial charge in [0.15, 0.2) is 0 Å². The van der Waals surface area contributed by atoms with E-state index in [1.54, 1.807) is 7.11 Å². The van der Waals surface area contributed by atoms with E-state index in [1.165, 1.54) is 0 Å². The van der Waals surface area contributed by atoms with Gasteiger partial charge in [-0.2, -0.15) is 0 Å². The fourth-order valence-corrected chi connectivity index (χ4v) is 2.69. The van der Waals surface area contributed by atoms with Gasteiger partial charge in [-0.15, -0.1) is 0 Å². The van der Waals surface area contributed by atoms with E-state index < -0.39 is 0 Å². The molecule has 0 saturated heterocycles. The van der Waals surface area contributed by atoms with Gasteiger partial charge >= 0.3 is 0 Å². The van der Waals surface area contributed by atoms with Crippen molar-refractivity contribution >= 4 is 11.6 Å². The number of ether oxygens (including phenoxy) is 1. The van der Waals surface area contributed by atoms with Gasteiger partial charge in [-0.1, -0.05) is 18.2 Å². The largest absolute Gasteiger partial charge is 0.384 e. The molecular weight excluding hydrogens is 252 g/mol. The summed E-state index contributed by atoms with van der Waals surface area (Å²) in [6, 6.07) is 8.19. The Morgan fingerprint density at radius 2 is 2.00 bits per heavy atom. The minimum absolute atomic E-state index is 0.102. The maximum Gasteiger partial charge on any atom is 0.227 e. The molecule has 0 bridgehead atoms. The lowest BCUT2D eigenvalue weighted by atomic mass is 9.86. The Balaban J connectivity index is 1.96. The van der Waals surface area contributed by atoms with Crippen molar-refractivity contribution in [1.82, 2.24) is 0 Å². The third-order valence-corrected chi connectivity index (χ3v) is 3.99. The van der Waals surface area contributed by atoms with Crippen LogP contribution in [0.15, 0.2) is 24.3 Å². The Bertz CT molecular complexity index is 440. The number of carbonyl (C=O) groups is 1. The molecule has 1 aromatic carbocycles. The van der Waals surface area contributed by atoms with E-state index in [9.17, 15) is 4.79 Å². The topological polar surface area (TPSA) is 64.3 Å². The summed E-state index contributed by atoms with van der Waals surface area (Å²) in [5.41, 5.74) is 7.91. The number of hydrogen-bond acceptors (Lipinski definition) is 3. The van der Waals surface area contributed by atoms with Crippen LogP contribution in [0.5, 0.6) is 0 Å². The van der Waals surface area contributed by atoms with E-state index in [0.29, 0.717) is 6.61 Å². The number of amides is 1. The highest BCUT2D eigenvalue weighted by Gasteiger charge is 2.24. The molecule has 0 radical (unpaired) electrons. The summed E-state index contributed by atoms with van der Waals surface area (Å²) in [7, 11) is 1.69. The maximum absolute atomic E-state index is 12.3. The van der Waals surface area contributed by atoms with Crippen LogP contribution in [0.25, 0.3) is 0 Å². The summed E-state index contributed by atoms with van der Waals surface area (Å²) < 4.78 is 5.11. The number of hydrogen-bond donors (Lipinski definition) is 2. The molecule has 2 rings (SSSR count). The smallest absolute Gasteiger partial charge is 0.227 e. The van der Waals surface area contributed by atoms with Crippen molar-refractivity contribution in [2.75, 3.05) is 19.0 Å². The fourth-order valence-electron chi connectivity index (χ4n) is 2.69. The van der Waals surface area contributed by atoms with E-state index in [2.05, 4.69) is 5.32 Å². The molecule has 0 unspecified atom stereocenters. The molecule has 0 aliphatic heterocycles. The van der Waals surface area contributed by atoms with E-state index >= 15 is 0 Å². The van der Waals surface area contributed by atoms with Crippen LogP contribution in [0.4, 0.5) is 5.69 Å². The van der Waals surface area contributed by atoms with Crippen LogP contribution in [0, 0.1) is 5.92 Å². The summed E-state index contributed by atoms with van der Waals surface area (Å²) >= 11 is 0. The lowest BCUT2D eigenvalue weighted by Crippen LogP contribution is -2.32. The SMILES string of the molecule is COCCc1ccccc1NC(=O)C1CCC(N)CC1. The average molecular weight is 276 g/mol. The monoisotopic (exact) mass is 276 g/mol. The first-order valence-electron chi connectivity index (χ1n) is 7.34. The molecule has 1 amide bonds. The predicted molar refractivity (Wildman–Crippen MR) is 80.6 cm³/mol. The van der Waals surface area contributed by atoms with Crippen LogP contribution in [-0.4, -0.2) is 25.7 Å². The Morgan fingerprint density at radius 3 is 2.70 bits per heavy atom. The van der Waals surface area contributed by atoms with Gasteiger partial charge in [0.2, 0.25) is 5.91 Å². The lowest BCUT2D eigenvalue weighted by Gasteiger charge is -2.25. The molecule has 1 aliphatic carbocycles. The zero-order valence-corrected chi connectivity index (χ0v) is 12.1. The first kappa shape index (κ1) is 15.0. The van der Waals surface area contributed by atoms with Crippen LogP contribution >= 0.6 is 0 Å². The molecule has 0 heterocycles. The van der Waals surface area contributed by atoms with Crippen molar-refractivity contribution in [3.05, 3.63) is 29.8 Å². The number of anilines is 1. The number of para-hydroxylation sites is 1. The average Bonchev–Trinajstić information content (AvgIpc) is 2.47. The van der Waals surface area contributed by atoms with Gasteiger partial charge in [0.1, 0.15) is 0 Å². The van der Waals surface area contributed by atoms with E-state index in [4.69, 9.17) is 10.5 Å². The Labute approximate surface area is 120 Å². The first-order valence-corrected chi connectivity index (χ1v) is 7.34. The van der Waals surface area contributed by atoms with E-state index in [1.807, 2.05) is 24.3 Å². The summed E-state index contributed by atoms with van der Waals surface area (Å²) in [5.74, 6) is 0.229. The number of benzene rings is 1. The molecule has 4 nitrogen and oxygen atoms in total. The minimum Gasteiger partial charge on any atom is -0.384 e. The highest BCUT2D eigenvalue weighted by molar-refractivity contribution is 5.93. The first-order chi connectivity index (χ1) is 9.70. The second-order valence-corrected chi connectivity index (χ2v) is 5.50. The molecule has 0 spiro atoms. The van der Waals surface area contributed by atoms with Crippen LogP contribution in [-0.2, 0) is 16.0 Å². The van der Waals surface area contributed by atoms with Gasteiger partial charge in [0, 0.05) is 24.8 Å². The molecular formula is C16H24N2O2. The van der Waals surface area contributed by atoms with Gasteiger partial charge in [-0.3, -0.25) is 4.79 Å². The minimum atomic E-state index is 0.102. The van der Waals surface area contributed by atoms with Crippen LogP contribution in [0.1, 0.15) is 31.2 Å². The number of nitrogens with one attached hydrogen (secondary N) is 1. The molecule has 3 N–H and O–H groups in total. The standard InChI is InChI=1S/C16H24N2O2/c1-20-11-10-12-4-2-3-5-15(12)18-16(19)13-6-8-14(17)9-7-13/h2-5,13-14H,6-11,17H2,1H3,(H,18,19). The van der Waals surface area contributed by atoms with Gasteiger partial charge in [0.05, 0.1) is 6.61 Å². The lowest BCUT2D eigenvalue weighted by molar-refractivity contribution is -0.120. The van der Waals surface area contributed by atoms with Crippen molar-refractivity contribution in [1.29, 1.82) is 0 Å². The van der Waals surface area contributed by atoms with Gasteiger partial charge < -0.3 is 15.8 Å². The molecule has 1 saturated carbocycles. The number of methoxy groups -OCH3 is 1. The molecule has 0 aromatic heterocycles. The molecule has 20 heavy (non-hydrogen) atoms. The zero-order valence-electron chi connectivity index (χ0n) is 12.1. The van der Waals surface area contributed by atoms with Gasteiger partial charge in [0.25, 0.3) is 0 Å². The van der Waals surface area contributed by atoms with Crippen molar-refractivity contribution < 1.29 is 9.53 Å². The van der Waals surface area contributed by atoms with Crippen molar-refractivity contribution in [2.45, 2.75) is 38.1 Å². The molecule has 1 aliphatic rings. The highest BCUT2D eigenvalue weighted by Crippen LogP contribution is 2.25. The third-order valence-electron chi connectivity index (χ3n) is 3.99. The van der Waals surface area contributed by atoms with E-state index in [-0.39, 0.29) is 17.9 Å². The van der Waals surface area contributed by atoms with Crippen LogP contribution in [0.3, 0.4) is 0 Å². The van der Waals surface area contributed by atoms with Crippen LogP contribution in [0.2, 0.25) is 0 Å². The Kier molecular flexibility index (Phi) is 5.56. The zero-order chi connectivity index (χ0) is 14.4. The predicted octanol–water partition coefficient (Wildman–Crippen LogP) is 2.33. The number of nitrogens with two attached hydrogens (primary N) is 1. The quantitative estimate of drug-likeness (QED) is 0.867. The normalized spacial score (nSPS) is 22.5. The van der Waals surface area contributed by atoms with Gasteiger partial charge in [-0.05, 0) is 43.7 Å². The Morgan fingerprint density at radius 1 is 1.30 bits per heavy atom. The Hall–Kier alpha value is -1.39. The molecule has 0 atom stereocenters. The van der Waals surface area contributed by atoms with Gasteiger partial charge in [-0.25, -0.2) is 0 Å². The van der Waals surface area contributed by atoms with E-state index in [0.717, 1.165) is 43.4 Å². The maximum atomic E-state index is 12.3. The van der Waals surface area contributed by atoms with Crippen molar-refractivity contribution in [2.24, 2.45) is 11.7 Å². The second kappa shape index (κ2) is 7.41. The summed E-state index contributed by atoms with van der Waals surface area (Å²) in [6.45, 7) is 0.658. The number of carbonyl (C=O) groups excluding carboxylic acids is 1. The summed E-state index contributed by atoms with van der Waals surface area (Å²) in [4.78, 5) is 12.3. The van der Waals surface area contributed by atoms with Crippen molar-refractivity contribution in [3.8, 4) is 0 Å². The summed E-state index contributed by atoms with van der Waals surface area (Å²) in [5, 5.41) is 3.07. The third kappa shape index (κ3) is 4.05. The van der Waals surface area contributed by atoms with Crippen LogP contribution < -0.4 is 11.1 Å². The van der Waals surface area contributed by atoms with Crippen molar-refractivity contribution in [3.63, 3.8) is 0 Å². The fraction of sp³-hybridized carbons (Fsp3) is 0.562. The molecule has 1 aromatic rings. The number of rotatable bonds is 5. The summed E-state index contributed by atoms with van der Waals surface area (Å²) in [6.07, 6.45) is 4.50. The highest BCUT2D eigenvalue weighted by atomic mass is 16.5. The second-order valence-electron chi connectivity index (χ2n) is 5.50. The molecule has 110 valence electrons. The molecule has 1 fully saturated rings. The molecule has 4 heteroatoms.